The van der Waals surface area contributed by atoms with Crippen LogP contribution in [-0.2, 0) is 12.6 Å². The van der Waals surface area contributed by atoms with Crippen LogP contribution in [-0.4, -0.2) is 39.0 Å². The van der Waals surface area contributed by atoms with Gasteiger partial charge in [0, 0.05) is 20.1 Å². The van der Waals surface area contributed by atoms with E-state index in [1.54, 1.807) is 0 Å². The van der Waals surface area contributed by atoms with Crippen molar-refractivity contribution in [3.8, 4) is 0 Å². The van der Waals surface area contributed by atoms with Gasteiger partial charge in [0.15, 0.2) is 0 Å². The first-order valence-corrected chi connectivity index (χ1v) is 11.9. The van der Waals surface area contributed by atoms with E-state index in [1.807, 2.05) is 18.7 Å². The summed E-state index contributed by atoms with van der Waals surface area (Å²) < 4.78 is 1.88. The van der Waals surface area contributed by atoms with Gasteiger partial charge >= 0.3 is 0 Å². The average Bonchev–Trinajstić information content (AvgIpc) is 3.20. The molecule has 0 aliphatic carbocycles. The molecule has 0 amide bonds. The number of aryl methyl sites for hydroxylation is 2. The standard InChI is InChI=1S/C30H31N3O/c1-23-20-28(32(2)31-23)21-24-22-33(19-18-29(24)34)30(25-12-6-3-7-13-25,26-14-8-4-9-15-26)27-16-10-5-11-17-27/h3-17,20-21,29,34H,18-19,22H2,1-2H3. The van der Waals surface area contributed by atoms with Crippen LogP contribution in [0.3, 0.4) is 0 Å². The third kappa shape index (κ3) is 4.00. The van der Waals surface area contributed by atoms with E-state index in [0.717, 1.165) is 23.5 Å². The summed E-state index contributed by atoms with van der Waals surface area (Å²) in [6, 6.07) is 34.3. The van der Waals surface area contributed by atoms with Crippen molar-refractivity contribution in [2.24, 2.45) is 7.05 Å². The molecule has 2 heterocycles. The van der Waals surface area contributed by atoms with Gasteiger partial charge in [-0.1, -0.05) is 91.0 Å². The molecular formula is C30H31N3O. The molecule has 4 aromatic rings. The molecule has 34 heavy (non-hydrogen) atoms. The number of hydrogen-bond donors (Lipinski definition) is 1. The zero-order valence-corrected chi connectivity index (χ0v) is 19.8. The van der Waals surface area contributed by atoms with E-state index in [4.69, 9.17) is 0 Å². The van der Waals surface area contributed by atoms with Gasteiger partial charge < -0.3 is 5.11 Å². The van der Waals surface area contributed by atoms with Gasteiger partial charge in [0.25, 0.3) is 0 Å². The fourth-order valence-corrected chi connectivity index (χ4v) is 5.34. The van der Waals surface area contributed by atoms with Gasteiger partial charge in [0.2, 0.25) is 0 Å². The second kappa shape index (κ2) is 9.41. The molecule has 3 aromatic carbocycles. The molecule has 1 aromatic heterocycles. The molecule has 1 aliphatic rings. The quantitative estimate of drug-likeness (QED) is 0.427. The highest BCUT2D eigenvalue weighted by atomic mass is 16.3. The predicted octanol–water partition coefficient (Wildman–Crippen LogP) is 5.17. The van der Waals surface area contributed by atoms with Crippen LogP contribution in [0.15, 0.2) is 103 Å². The third-order valence-electron chi connectivity index (χ3n) is 6.89. The van der Waals surface area contributed by atoms with E-state index in [9.17, 15) is 5.11 Å². The molecule has 5 rings (SSSR count). The second-order valence-corrected chi connectivity index (χ2v) is 9.09. The first-order chi connectivity index (χ1) is 16.6. The fourth-order valence-electron chi connectivity index (χ4n) is 5.34. The first-order valence-electron chi connectivity index (χ1n) is 11.9. The Morgan fingerprint density at radius 2 is 1.35 bits per heavy atom. The Bertz CT molecular complexity index is 1170. The predicted molar refractivity (Wildman–Crippen MR) is 137 cm³/mol. The molecule has 0 bridgehead atoms. The minimum Gasteiger partial charge on any atom is -0.389 e. The normalized spacial score (nSPS) is 18.3. The van der Waals surface area contributed by atoms with E-state index in [-0.39, 0.29) is 0 Å². The zero-order chi connectivity index (χ0) is 23.5. The maximum absolute atomic E-state index is 11.0. The van der Waals surface area contributed by atoms with Crippen molar-refractivity contribution in [3.05, 3.63) is 131 Å². The van der Waals surface area contributed by atoms with Crippen LogP contribution in [0.1, 0.15) is 34.5 Å². The van der Waals surface area contributed by atoms with Crippen molar-refractivity contribution in [2.75, 3.05) is 13.1 Å². The average molecular weight is 450 g/mol. The molecule has 1 aliphatic heterocycles. The molecule has 1 atom stereocenters. The SMILES string of the molecule is Cc1cc(C=C2CN(C(c3ccccc3)(c3ccccc3)c3ccccc3)CCC2O)n(C)n1. The lowest BCUT2D eigenvalue weighted by Crippen LogP contribution is -2.52. The highest BCUT2D eigenvalue weighted by Gasteiger charge is 2.44. The highest BCUT2D eigenvalue weighted by Crippen LogP contribution is 2.44. The van der Waals surface area contributed by atoms with Crippen LogP contribution in [0.2, 0.25) is 0 Å². The number of aliphatic hydroxyl groups excluding tert-OH is 1. The molecule has 0 saturated carbocycles. The van der Waals surface area contributed by atoms with Crippen molar-refractivity contribution in [1.82, 2.24) is 14.7 Å². The molecule has 1 unspecified atom stereocenters. The number of benzene rings is 3. The molecule has 0 spiro atoms. The van der Waals surface area contributed by atoms with Crippen molar-refractivity contribution >= 4 is 6.08 Å². The fraction of sp³-hybridized carbons (Fsp3) is 0.233. The van der Waals surface area contributed by atoms with Gasteiger partial charge in [0.1, 0.15) is 0 Å². The highest BCUT2D eigenvalue weighted by molar-refractivity contribution is 5.54. The van der Waals surface area contributed by atoms with Gasteiger partial charge in [-0.15, -0.1) is 0 Å². The number of rotatable bonds is 5. The van der Waals surface area contributed by atoms with Crippen LogP contribution in [0.4, 0.5) is 0 Å². The number of hydrogen-bond acceptors (Lipinski definition) is 3. The van der Waals surface area contributed by atoms with Gasteiger partial charge in [-0.3, -0.25) is 9.58 Å². The Hall–Kier alpha value is -3.47. The molecule has 4 nitrogen and oxygen atoms in total. The molecule has 4 heteroatoms. The molecule has 172 valence electrons. The summed E-state index contributed by atoms with van der Waals surface area (Å²) in [5.74, 6) is 0. The van der Waals surface area contributed by atoms with E-state index >= 15 is 0 Å². The zero-order valence-electron chi connectivity index (χ0n) is 19.8. The lowest BCUT2D eigenvalue weighted by Gasteiger charge is -2.48. The van der Waals surface area contributed by atoms with Crippen LogP contribution >= 0.6 is 0 Å². The van der Waals surface area contributed by atoms with E-state index in [1.165, 1.54) is 16.7 Å². The topological polar surface area (TPSA) is 41.3 Å². The monoisotopic (exact) mass is 449 g/mol. The van der Waals surface area contributed by atoms with Gasteiger partial charge in [-0.05, 0) is 47.8 Å². The van der Waals surface area contributed by atoms with Gasteiger partial charge in [-0.25, -0.2) is 0 Å². The number of aliphatic hydroxyl groups is 1. The van der Waals surface area contributed by atoms with Crippen molar-refractivity contribution < 1.29 is 5.11 Å². The number of aromatic nitrogens is 2. The van der Waals surface area contributed by atoms with E-state index < -0.39 is 11.6 Å². The van der Waals surface area contributed by atoms with Crippen LogP contribution < -0.4 is 0 Å². The van der Waals surface area contributed by atoms with Crippen molar-refractivity contribution in [3.63, 3.8) is 0 Å². The maximum atomic E-state index is 11.0. The summed E-state index contributed by atoms with van der Waals surface area (Å²) in [5, 5.41) is 15.5. The van der Waals surface area contributed by atoms with Crippen molar-refractivity contribution in [1.29, 1.82) is 0 Å². The smallest absolute Gasteiger partial charge is 0.0975 e. The molecule has 0 radical (unpaired) electrons. The van der Waals surface area contributed by atoms with E-state index in [0.29, 0.717) is 13.0 Å². The van der Waals surface area contributed by atoms with E-state index in [2.05, 4.69) is 113 Å². The Labute approximate surface area is 201 Å². The van der Waals surface area contributed by atoms with Crippen LogP contribution in [0.25, 0.3) is 6.08 Å². The molecular weight excluding hydrogens is 418 g/mol. The number of nitrogens with zero attached hydrogens (tertiary/aromatic N) is 3. The Balaban J connectivity index is 1.70. The van der Waals surface area contributed by atoms with Crippen molar-refractivity contribution in [2.45, 2.75) is 25.0 Å². The molecule has 1 saturated heterocycles. The summed E-state index contributed by atoms with van der Waals surface area (Å²) in [5.41, 5.74) is 6.19. The maximum Gasteiger partial charge on any atom is 0.0975 e. The summed E-state index contributed by atoms with van der Waals surface area (Å²) in [4.78, 5) is 2.52. The summed E-state index contributed by atoms with van der Waals surface area (Å²) >= 11 is 0. The third-order valence-corrected chi connectivity index (χ3v) is 6.89. The lowest BCUT2D eigenvalue weighted by molar-refractivity contribution is 0.0871. The Morgan fingerprint density at radius 3 is 1.79 bits per heavy atom. The summed E-state index contributed by atoms with van der Waals surface area (Å²) in [6.07, 6.45) is 2.32. The first kappa shape index (κ1) is 22.3. The van der Waals surface area contributed by atoms with Crippen LogP contribution in [0, 0.1) is 6.92 Å². The second-order valence-electron chi connectivity index (χ2n) is 9.09. The Morgan fingerprint density at radius 1 is 0.853 bits per heavy atom. The lowest BCUT2D eigenvalue weighted by atomic mass is 9.74. The minimum atomic E-state index is -0.481. The summed E-state index contributed by atoms with van der Waals surface area (Å²) in [7, 11) is 1.95. The van der Waals surface area contributed by atoms with Crippen LogP contribution in [0.5, 0.6) is 0 Å². The van der Waals surface area contributed by atoms with Gasteiger partial charge in [0.05, 0.1) is 23.0 Å². The largest absolute Gasteiger partial charge is 0.389 e. The Kier molecular flexibility index (Phi) is 6.18. The molecule has 1 fully saturated rings. The molecule has 1 N–H and O–H groups in total. The van der Waals surface area contributed by atoms with Gasteiger partial charge in [-0.2, -0.15) is 5.10 Å². The number of piperidine rings is 1. The minimum absolute atomic E-state index is 0.466. The summed E-state index contributed by atoms with van der Waals surface area (Å²) in [6.45, 7) is 3.43. The number of likely N-dealkylation sites (tertiary alicyclic amines) is 1.